The molecule has 4 aromatic rings. The van der Waals surface area contributed by atoms with Gasteiger partial charge in [-0.25, -0.2) is 9.37 Å². The number of fused-ring (bicyclic) bond motifs is 5. The standard InChI is InChI=1S/C53H58FN9O12/c1-4-53(73)30(3)75-26-34-35(53)20-40-50-33(25-63(40)52(34)72)49-37(15-14-32-29(2)36(54)21-38(61-50)48(32)49)59-45(68)27-74-28-58-43(66)23-57-51(71)39(19-31-11-7-5-8-12-31)60-44(67)24-56-42(65)22-55-41(64)13-9-6-10-18-62-46(69)16-17-47(62)70/h5,7-8,11-12,16-17,20-21,37,39,73H,3-4,6,9-10,13-15,18-19,22-28H2,1-2H3,(H,55,64)(H,56,65)(H,57,71)(H,58,66)(H,59,68)(H,60,67)/t37-,39-,53+/m0/s1. The summed E-state index contributed by atoms with van der Waals surface area (Å²) in [4.78, 5) is 121. The van der Waals surface area contributed by atoms with Gasteiger partial charge in [0.1, 0.15) is 43.2 Å². The monoisotopic (exact) mass is 1030 g/mol. The summed E-state index contributed by atoms with van der Waals surface area (Å²) in [5, 5.41) is 27.7. The van der Waals surface area contributed by atoms with E-state index in [0.29, 0.717) is 87.8 Å². The lowest BCUT2D eigenvalue weighted by atomic mass is 9.81. The Balaban J connectivity index is 0.805. The first-order valence-electron chi connectivity index (χ1n) is 24.8. The van der Waals surface area contributed by atoms with Crippen molar-refractivity contribution in [3.8, 4) is 11.4 Å². The van der Waals surface area contributed by atoms with E-state index in [0.717, 1.165) is 10.5 Å². The topological polar surface area (TPSA) is 286 Å². The number of imide groups is 1. The molecule has 4 aliphatic rings. The highest BCUT2D eigenvalue weighted by Crippen LogP contribution is 2.46. The maximum atomic E-state index is 15.4. The molecule has 394 valence electrons. The summed E-state index contributed by atoms with van der Waals surface area (Å²) in [6.07, 6.45) is 5.16. The number of aromatic nitrogens is 2. The molecule has 0 spiro atoms. The van der Waals surface area contributed by atoms with Crippen LogP contribution in [0.1, 0.15) is 90.4 Å². The Hall–Kier alpha value is -8.11. The first kappa shape index (κ1) is 53.2. The molecule has 22 heteroatoms. The predicted octanol–water partition coefficient (Wildman–Crippen LogP) is 1.27. The number of unbranched alkanes of at least 4 members (excludes halogenated alkanes) is 2. The van der Waals surface area contributed by atoms with E-state index < -0.39 is 91.9 Å². The third kappa shape index (κ3) is 11.7. The first-order valence-corrected chi connectivity index (χ1v) is 24.8. The smallest absolute Gasteiger partial charge is 0.258 e. The second-order valence-corrected chi connectivity index (χ2v) is 18.8. The third-order valence-corrected chi connectivity index (χ3v) is 13.9. The third-order valence-electron chi connectivity index (χ3n) is 13.9. The molecule has 0 saturated carbocycles. The van der Waals surface area contributed by atoms with Crippen molar-refractivity contribution in [1.82, 2.24) is 46.4 Å². The van der Waals surface area contributed by atoms with Gasteiger partial charge in [0.15, 0.2) is 0 Å². The molecule has 75 heavy (non-hydrogen) atoms. The lowest BCUT2D eigenvalue weighted by molar-refractivity contribution is -0.137. The molecule has 3 atom stereocenters. The number of amides is 8. The van der Waals surface area contributed by atoms with E-state index in [9.17, 15) is 48.3 Å². The van der Waals surface area contributed by atoms with Crippen LogP contribution in [0, 0.1) is 12.7 Å². The van der Waals surface area contributed by atoms with Gasteiger partial charge in [-0.15, -0.1) is 0 Å². The van der Waals surface area contributed by atoms with E-state index in [1.165, 1.54) is 18.2 Å². The number of benzene rings is 2. The number of nitrogens with one attached hydrogen (secondary N) is 6. The molecule has 2 aromatic carbocycles. The molecule has 0 saturated heterocycles. The zero-order valence-corrected chi connectivity index (χ0v) is 41.5. The summed E-state index contributed by atoms with van der Waals surface area (Å²) < 4.78 is 28.1. The fourth-order valence-electron chi connectivity index (χ4n) is 9.87. The normalized spacial score (nSPS) is 17.4. The zero-order valence-electron chi connectivity index (χ0n) is 41.5. The van der Waals surface area contributed by atoms with Crippen LogP contribution in [0.15, 0.2) is 71.7 Å². The Labute approximate surface area is 429 Å². The molecule has 2 aromatic heterocycles. The molecule has 0 fully saturated rings. The average Bonchev–Trinajstić information content (AvgIpc) is 3.97. The number of pyridine rings is 2. The van der Waals surface area contributed by atoms with Crippen LogP contribution in [0.4, 0.5) is 4.39 Å². The average molecular weight is 1030 g/mol. The van der Waals surface area contributed by atoms with E-state index in [1.54, 1.807) is 54.8 Å². The summed E-state index contributed by atoms with van der Waals surface area (Å²) in [6, 6.07) is 10.1. The van der Waals surface area contributed by atoms with Crippen molar-refractivity contribution in [3.05, 3.63) is 122 Å². The number of hydrogen-bond acceptors (Lipinski definition) is 13. The maximum Gasteiger partial charge on any atom is 0.258 e. The van der Waals surface area contributed by atoms with Crippen LogP contribution in [-0.2, 0) is 79.4 Å². The Morgan fingerprint density at radius 1 is 0.893 bits per heavy atom. The van der Waals surface area contributed by atoms with Crippen LogP contribution in [0.25, 0.3) is 22.3 Å². The van der Waals surface area contributed by atoms with Crippen LogP contribution < -0.4 is 37.5 Å². The van der Waals surface area contributed by atoms with Crippen molar-refractivity contribution in [2.45, 2.75) is 96.1 Å². The molecule has 8 rings (SSSR count). The molecule has 0 unspecified atom stereocenters. The summed E-state index contributed by atoms with van der Waals surface area (Å²) in [5.74, 6) is -4.69. The van der Waals surface area contributed by atoms with Gasteiger partial charge in [0, 0.05) is 54.1 Å². The van der Waals surface area contributed by atoms with Gasteiger partial charge in [-0.05, 0) is 67.3 Å². The maximum absolute atomic E-state index is 15.4. The second kappa shape index (κ2) is 23.0. The molecular weight excluding hydrogens is 974 g/mol. The largest absolute Gasteiger partial charge is 0.490 e. The minimum Gasteiger partial charge on any atom is -0.490 e. The molecule has 0 radical (unpaired) electrons. The molecule has 8 amide bonds. The number of halogens is 1. The Kier molecular flexibility index (Phi) is 16.3. The van der Waals surface area contributed by atoms with Gasteiger partial charge in [0.2, 0.25) is 35.4 Å². The van der Waals surface area contributed by atoms with E-state index in [1.807, 2.05) is 0 Å². The lowest BCUT2D eigenvalue weighted by Crippen LogP contribution is -2.52. The van der Waals surface area contributed by atoms with E-state index in [-0.39, 0.29) is 62.1 Å². The number of nitrogens with zero attached hydrogens (tertiary/aromatic N) is 3. The Bertz CT molecular complexity index is 3090. The van der Waals surface area contributed by atoms with Gasteiger partial charge in [-0.3, -0.25) is 48.1 Å². The number of carbonyl (C=O) groups is 8. The molecule has 3 aliphatic heterocycles. The van der Waals surface area contributed by atoms with Crippen molar-refractivity contribution >= 4 is 58.2 Å². The summed E-state index contributed by atoms with van der Waals surface area (Å²) >= 11 is 0. The second-order valence-electron chi connectivity index (χ2n) is 18.8. The lowest BCUT2D eigenvalue weighted by Gasteiger charge is -2.35. The number of aliphatic hydroxyl groups is 1. The van der Waals surface area contributed by atoms with Gasteiger partial charge in [-0.1, -0.05) is 50.3 Å². The van der Waals surface area contributed by atoms with Crippen LogP contribution in [0.5, 0.6) is 0 Å². The summed E-state index contributed by atoms with van der Waals surface area (Å²) in [6.45, 7) is 5.33. The number of carbonyl (C=O) groups excluding carboxylic acids is 8. The fraction of sp³-hybridized carbons (Fsp3) is 0.396. The van der Waals surface area contributed by atoms with Crippen LogP contribution in [0.2, 0.25) is 0 Å². The Morgan fingerprint density at radius 3 is 2.35 bits per heavy atom. The van der Waals surface area contributed by atoms with Gasteiger partial charge in [0.25, 0.3) is 17.4 Å². The minimum atomic E-state index is -1.61. The number of hydrogen-bond donors (Lipinski definition) is 7. The number of rotatable bonds is 22. The molecule has 5 heterocycles. The van der Waals surface area contributed by atoms with Crippen LogP contribution in [-0.4, -0.2) is 112 Å². The first-order chi connectivity index (χ1) is 36.0. The molecular formula is C53H58FN9O12. The molecule has 7 N–H and O–H groups in total. The molecule has 0 bridgehead atoms. The number of aryl methyl sites for hydroxylation is 1. The van der Waals surface area contributed by atoms with Crippen molar-refractivity contribution in [2.24, 2.45) is 0 Å². The van der Waals surface area contributed by atoms with E-state index in [2.05, 4.69) is 38.5 Å². The predicted molar refractivity (Wildman–Crippen MR) is 267 cm³/mol. The highest BCUT2D eigenvalue weighted by molar-refractivity contribution is 6.12. The summed E-state index contributed by atoms with van der Waals surface area (Å²) in [5.41, 5.74) is 3.22. The minimum absolute atomic E-state index is 0.0449. The van der Waals surface area contributed by atoms with Gasteiger partial charge in [-0.2, -0.15) is 0 Å². The van der Waals surface area contributed by atoms with Gasteiger partial charge >= 0.3 is 0 Å². The zero-order chi connectivity index (χ0) is 53.6. The van der Waals surface area contributed by atoms with Crippen molar-refractivity contribution in [3.63, 3.8) is 0 Å². The van der Waals surface area contributed by atoms with Crippen LogP contribution in [0.3, 0.4) is 0 Å². The van der Waals surface area contributed by atoms with Crippen molar-refractivity contribution < 1.29 is 57.3 Å². The fourth-order valence-corrected chi connectivity index (χ4v) is 9.87. The van der Waals surface area contributed by atoms with E-state index in [4.69, 9.17) is 14.5 Å². The van der Waals surface area contributed by atoms with Crippen molar-refractivity contribution in [1.29, 1.82) is 0 Å². The van der Waals surface area contributed by atoms with Gasteiger partial charge < -0.3 is 51.0 Å². The van der Waals surface area contributed by atoms with Crippen LogP contribution >= 0.6 is 0 Å². The van der Waals surface area contributed by atoms with Gasteiger partial charge in [0.05, 0.1) is 54.7 Å². The quantitative estimate of drug-likeness (QED) is 0.0293. The molecule has 21 nitrogen and oxygen atoms in total. The highest BCUT2D eigenvalue weighted by Gasteiger charge is 2.42. The molecule has 1 aliphatic carbocycles. The SMILES string of the molecule is C=C1OCc2c(cc3n(c2=O)Cc2c-3nc3cc(F)c(C)c4c3c2[C@@H](NC(=O)COCNC(=O)CNC(=O)[C@H](Cc2ccccc2)NC(=O)CNC(=O)CNC(=O)CCCCCN2C(=O)C=CC2=O)CC4)[C@@]1(O)CC. The number of ether oxygens (including phenoxy) is 2. The van der Waals surface area contributed by atoms with E-state index >= 15 is 4.39 Å². The van der Waals surface area contributed by atoms with Crippen molar-refractivity contribution in [2.75, 3.05) is 39.5 Å². The summed E-state index contributed by atoms with van der Waals surface area (Å²) in [7, 11) is 0. The Morgan fingerprint density at radius 2 is 1.60 bits per heavy atom. The highest BCUT2D eigenvalue weighted by atomic mass is 19.1.